The van der Waals surface area contributed by atoms with Gasteiger partial charge in [-0.1, -0.05) is 24.6 Å². The molecule has 1 unspecified atom stereocenters. The molecule has 7 rings (SSSR count). The third-order valence-electron chi connectivity index (χ3n) is 10.6. The van der Waals surface area contributed by atoms with Gasteiger partial charge in [-0.25, -0.2) is 4.98 Å². The number of para-hydroxylation sites is 1. The maximum atomic E-state index is 14.0. The van der Waals surface area contributed by atoms with Gasteiger partial charge in [-0.3, -0.25) is 19.3 Å². The number of hydrogen-bond donors (Lipinski definition) is 1. The predicted molar refractivity (Wildman–Crippen MR) is 190 cm³/mol. The molecule has 0 amide bonds. The zero-order valence-corrected chi connectivity index (χ0v) is 28.6. The molecule has 49 heavy (non-hydrogen) atoms. The van der Waals surface area contributed by atoms with Crippen LogP contribution in [0.4, 0.5) is 5.82 Å². The van der Waals surface area contributed by atoms with E-state index in [0.29, 0.717) is 18.3 Å². The van der Waals surface area contributed by atoms with Crippen molar-refractivity contribution in [2.45, 2.75) is 64.1 Å². The Morgan fingerprint density at radius 2 is 1.82 bits per heavy atom. The van der Waals surface area contributed by atoms with E-state index in [1.165, 1.54) is 0 Å². The molecule has 1 saturated carbocycles. The van der Waals surface area contributed by atoms with Crippen molar-refractivity contribution >= 4 is 22.5 Å². The molecule has 1 aliphatic carbocycles. The largest absolute Gasteiger partial charge is 0.457 e. The topological polar surface area (TPSA) is 123 Å². The monoisotopic (exact) mass is 659 g/mol. The number of rotatable bonds is 9. The Morgan fingerprint density at radius 3 is 2.51 bits per heavy atom. The number of anilines is 1. The van der Waals surface area contributed by atoms with Gasteiger partial charge in [0.25, 0.3) is 0 Å². The molecule has 2 aromatic carbocycles. The van der Waals surface area contributed by atoms with Crippen molar-refractivity contribution in [1.82, 2.24) is 24.6 Å². The van der Waals surface area contributed by atoms with Crippen LogP contribution in [-0.2, 0) is 9.53 Å². The van der Waals surface area contributed by atoms with Crippen molar-refractivity contribution in [2.24, 2.45) is 5.92 Å². The van der Waals surface area contributed by atoms with Crippen LogP contribution in [0.2, 0.25) is 0 Å². The van der Waals surface area contributed by atoms with Crippen LogP contribution in [0.3, 0.4) is 0 Å². The average Bonchev–Trinajstić information content (AvgIpc) is 3.48. The standard InChI is InChI=1S/C39H45N7O3/c1-26-20-32(49-31-10-5-4-6-11-31)12-13-33(26)36-35-34(14-15-42-38(35)41)46(43-36)29-9-7-8-27(21-29)37(47)28(23-40)22-39(2,3)45-18-16-44(17-19-45)30-24-48-25-30/h4-6,10-15,20,22,27,29-30H,7-9,16-19,21,24-25H2,1-3H3,(H2,41,42)/b28-22-/t27?,29-/m1/s1. The number of aromatic nitrogens is 3. The van der Waals surface area contributed by atoms with Crippen LogP contribution >= 0.6 is 0 Å². The highest BCUT2D eigenvalue weighted by molar-refractivity contribution is 6.02. The van der Waals surface area contributed by atoms with Crippen molar-refractivity contribution < 1.29 is 14.3 Å². The highest BCUT2D eigenvalue weighted by Crippen LogP contribution is 2.40. The molecular formula is C39H45N7O3. The summed E-state index contributed by atoms with van der Waals surface area (Å²) in [5.41, 5.74) is 9.98. The number of hydrogen-bond acceptors (Lipinski definition) is 9. The molecule has 2 aliphatic heterocycles. The van der Waals surface area contributed by atoms with Gasteiger partial charge in [-0.2, -0.15) is 10.4 Å². The van der Waals surface area contributed by atoms with Crippen molar-refractivity contribution in [2.75, 3.05) is 45.1 Å². The second-order valence-electron chi connectivity index (χ2n) is 14.2. The third-order valence-corrected chi connectivity index (χ3v) is 10.6. The molecule has 0 bridgehead atoms. The molecule has 2 saturated heterocycles. The maximum absolute atomic E-state index is 14.0. The number of carbonyl (C=O) groups is 1. The first kappa shape index (κ1) is 33.0. The molecule has 2 aromatic heterocycles. The lowest BCUT2D eigenvalue weighted by Crippen LogP contribution is -2.59. The molecule has 10 nitrogen and oxygen atoms in total. The summed E-state index contributed by atoms with van der Waals surface area (Å²) in [7, 11) is 0. The van der Waals surface area contributed by atoms with Crippen molar-refractivity contribution in [3.8, 4) is 28.8 Å². The number of nitrogens with zero attached hydrogens (tertiary/aromatic N) is 6. The maximum Gasteiger partial charge on any atom is 0.176 e. The molecule has 10 heteroatoms. The zero-order chi connectivity index (χ0) is 34.1. The lowest BCUT2D eigenvalue weighted by molar-refractivity contribution is -0.120. The predicted octanol–water partition coefficient (Wildman–Crippen LogP) is 6.33. The number of ether oxygens (including phenoxy) is 2. The molecule has 0 spiro atoms. The van der Waals surface area contributed by atoms with E-state index >= 15 is 0 Å². The summed E-state index contributed by atoms with van der Waals surface area (Å²) < 4.78 is 13.5. The number of aryl methyl sites for hydroxylation is 1. The first-order valence-electron chi connectivity index (χ1n) is 17.4. The van der Waals surface area contributed by atoms with Crippen LogP contribution < -0.4 is 10.5 Å². The van der Waals surface area contributed by atoms with Crippen LogP contribution in [0, 0.1) is 24.2 Å². The molecule has 3 fully saturated rings. The van der Waals surface area contributed by atoms with E-state index in [1.54, 1.807) is 6.20 Å². The number of carbonyl (C=O) groups excluding carboxylic acids is 1. The minimum atomic E-state index is -0.409. The SMILES string of the molecule is Cc1cc(Oc2ccccc2)ccc1-c1nn([C@@H]2CCCC(C(=O)/C(C#N)=C\C(C)(C)N3CCN(C4COC4)CC3)C2)c2ccnc(N)c12. The second kappa shape index (κ2) is 13.7. The Kier molecular flexibility index (Phi) is 9.25. The Bertz CT molecular complexity index is 1900. The smallest absolute Gasteiger partial charge is 0.176 e. The molecule has 4 aromatic rings. The fourth-order valence-corrected chi connectivity index (χ4v) is 7.71. The fraction of sp³-hybridized carbons (Fsp3) is 0.436. The van der Waals surface area contributed by atoms with E-state index in [2.05, 4.69) is 34.7 Å². The number of nitriles is 1. The lowest BCUT2D eigenvalue weighted by atomic mass is 9.80. The van der Waals surface area contributed by atoms with Crippen molar-refractivity contribution in [3.63, 3.8) is 0 Å². The van der Waals surface area contributed by atoms with Gasteiger partial charge in [0.2, 0.25) is 0 Å². The summed E-state index contributed by atoms with van der Waals surface area (Å²) in [6.45, 7) is 11.6. The highest BCUT2D eigenvalue weighted by atomic mass is 16.5. The summed E-state index contributed by atoms with van der Waals surface area (Å²) in [5, 5.41) is 16.2. The van der Waals surface area contributed by atoms with Gasteiger partial charge in [0, 0.05) is 49.4 Å². The first-order valence-corrected chi connectivity index (χ1v) is 17.4. The summed E-state index contributed by atoms with van der Waals surface area (Å²) in [6, 6.07) is 20.4. The fourth-order valence-electron chi connectivity index (χ4n) is 7.71. The Balaban J connectivity index is 1.11. The number of benzene rings is 2. The molecule has 254 valence electrons. The van der Waals surface area contributed by atoms with Crippen LogP contribution in [0.5, 0.6) is 11.5 Å². The number of Topliss-reactive ketones (excluding diaryl/α,β-unsaturated/α-hetero) is 1. The molecule has 0 radical (unpaired) electrons. The van der Waals surface area contributed by atoms with Gasteiger partial charge in [0.1, 0.15) is 29.1 Å². The van der Waals surface area contributed by atoms with Crippen molar-refractivity contribution in [3.05, 3.63) is 78.0 Å². The summed E-state index contributed by atoms with van der Waals surface area (Å²) in [6.07, 6.45) is 6.75. The van der Waals surface area contributed by atoms with Crippen molar-refractivity contribution in [1.29, 1.82) is 5.26 Å². The van der Waals surface area contributed by atoms with E-state index < -0.39 is 5.54 Å². The van der Waals surface area contributed by atoms with E-state index in [4.69, 9.17) is 20.3 Å². The van der Waals surface area contributed by atoms with E-state index in [-0.39, 0.29) is 23.3 Å². The minimum Gasteiger partial charge on any atom is -0.457 e. The first-order chi connectivity index (χ1) is 23.7. The number of ketones is 1. The second-order valence-corrected chi connectivity index (χ2v) is 14.2. The van der Waals surface area contributed by atoms with Crippen LogP contribution in [0.25, 0.3) is 22.2 Å². The molecule has 2 N–H and O–H groups in total. The van der Waals surface area contributed by atoms with Gasteiger partial charge < -0.3 is 15.2 Å². The van der Waals surface area contributed by atoms with Gasteiger partial charge >= 0.3 is 0 Å². The van der Waals surface area contributed by atoms with E-state index in [9.17, 15) is 10.1 Å². The molecular weight excluding hydrogens is 614 g/mol. The number of nitrogens with two attached hydrogens (primary N) is 1. The van der Waals surface area contributed by atoms with Gasteiger partial charge in [-0.05, 0) is 88.1 Å². The zero-order valence-electron chi connectivity index (χ0n) is 28.6. The summed E-state index contributed by atoms with van der Waals surface area (Å²) >= 11 is 0. The average molecular weight is 660 g/mol. The highest BCUT2D eigenvalue weighted by Gasteiger charge is 2.36. The quantitative estimate of drug-likeness (QED) is 0.162. The summed E-state index contributed by atoms with van der Waals surface area (Å²) in [4.78, 5) is 23.3. The van der Waals surface area contributed by atoms with Gasteiger partial charge in [0.15, 0.2) is 5.78 Å². The van der Waals surface area contributed by atoms with Crippen LogP contribution in [0.1, 0.15) is 51.1 Å². The number of pyridine rings is 1. The van der Waals surface area contributed by atoms with E-state index in [0.717, 1.165) is 97.9 Å². The van der Waals surface area contributed by atoms with E-state index in [1.807, 2.05) is 72.3 Å². The van der Waals surface area contributed by atoms with Gasteiger partial charge in [0.05, 0.1) is 41.8 Å². The lowest BCUT2D eigenvalue weighted by Gasteiger charge is -2.46. The van der Waals surface area contributed by atoms with Gasteiger partial charge in [-0.15, -0.1) is 0 Å². The Labute approximate surface area is 288 Å². The van der Waals surface area contributed by atoms with Crippen LogP contribution in [-0.4, -0.2) is 81.3 Å². The number of fused-ring (bicyclic) bond motifs is 1. The number of nitrogen functional groups attached to an aromatic ring is 1. The molecule has 3 aliphatic rings. The minimum absolute atomic E-state index is 0.0155. The number of piperazine rings is 1. The Hall–Kier alpha value is -4.56. The number of allylic oxidation sites excluding steroid dienone is 1. The normalized spacial score (nSPS) is 21.3. The molecule has 2 atom stereocenters. The third kappa shape index (κ3) is 6.71. The van der Waals surface area contributed by atoms with Crippen LogP contribution in [0.15, 0.2) is 72.4 Å². The summed E-state index contributed by atoms with van der Waals surface area (Å²) in [5.74, 6) is 1.62. The Morgan fingerprint density at radius 1 is 1.04 bits per heavy atom. The molecule has 4 heterocycles.